The molecule has 3 heteroatoms. The molecule has 18 heavy (non-hydrogen) atoms. The third-order valence-electron chi connectivity index (χ3n) is 2.91. The summed E-state index contributed by atoms with van der Waals surface area (Å²) in [6.07, 6.45) is 5.47. The molecule has 0 bridgehead atoms. The summed E-state index contributed by atoms with van der Waals surface area (Å²) in [7, 11) is 0. The van der Waals surface area contributed by atoms with Gasteiger partial charge in [-0.15, -0.1) is 6.42 Å². The second-order valence-electron chi connectivity index (χ2n) is 4.94. The summed E-state index contributed by atoms with van der Waals surface area (Å²) < 4.78 is 13.1. The number of terminal acetylenes is 1. The van der Waals surface area contributed by atoms with Gasteiger partial charge in [-0.2, -0.15) is 0 Å². The zero-order chi connectivity index (χ0) is 13.8. The maximum atomic E-state index is 13.1. The van der Waals surface area contributed by atoms with Crippen molar-refractivity contribution in [2.75, 3.05) is 0 Å². The molecule has 0 aliphatic carbocycles. The number of rotatable bonds is 5. The van der Waals surface area contributed by atoms with Crippen LogP contribution < -0.4 is 0 Å². The Hall–Kier alpha value is -1.66. The minimum atomic E-state index is -0.473. The lowest BCUT2D eigenvalue weighted by Gasteiger charge is -2.26. The van der Waals surface area contributed by atoms with Gasteiger partial charge in [0.2, 0.25) is 0 Å². The van der Waals surface area contributed by atoms with Crippen LogP contribution in [-0.2, 0) is 16.8 Å². The quantitative estimate of drug-likeness (QED) is 0.813. The molecule has 0 amide bonds. The average Bonchev–Trinajstić information content (AvgIpc) is 2.27. The molecule has 1 aromatic rings. The number of ketones is 1. The fraction of sp³-hybridized carbons (Fsp3) is 0.400. The normalized spacial score (nSPS) is 11.1. The molecule has 0 radical (unpaired) electrons. The summed E-state index contributed by atoms with van der Waals surface area (Å²) in [5.74, 6) is 1.89. The predicted octanol–water partition coefficient (Wildman–Crippen LogP) is 2.58. The first-order valence-corrected chi connectivity index (χ1v) is 5.75. The SMILES string of the molecule is C#CCC(=O)CC(C)(C)c1ccc(F)cc1CO. The molecule has 2 nitrogen and oxygen atoms in total. The smallest absolute Gasteiger partial charge is 0.145 e. The number of aliphatic hydroxyl groups excluding tert-OH is 1. The maximum Gasteiger partial charge on any atom is 0.145 e. The highest BCUT2D eigenvalue weighted by Gasteiger charge is 2.26. The highest BCUT2D eigenvalue weighted by Crippen LogP contribution is 2.31. The lowest BCUT2D eigenvalue weighted by atomic mass is 9.77. The van der Waals surface area contributed by atoms with Crippen molar-refractivity contribution >= 4 is 5.78 Å². The van der Waals surface area contributed by atoms with Gasteiger partial charge in [0, 0.05) is 6.42 Å². The molecule has 0 aromatic heterocycles. The van der Waals surface area contributed by atoms with E-state index in [1.165, 1.54) is 12.1 Å². The van der Waals surface area contributed by atoms with E-state index in [-0.39, 0.29) is 25.2 Å². The summed E-state index contributed by atoms with van der Waals surface area (Å²) in [5, 5.41) is 9.26. The highest BCUT2D eigenvalue weighted by atomic mass is 19.1. The summed E-state index contributed by atoms with van der Waals surface area (Å²) in [6.45, 7) is 3.52. The molecule has 0 saturated carbocycles. The second kappa shape index (κ2) is 5.79. The Balaban J connectivity index is 3.04. The zero-order valence-electron chi connectivity index (χ0n) is 10.7. The average molecular weight is 248 g/mol. The van der Waals surface area contributed by atoms with Crippen LogP contribution in [-0.4, -0.2) is 10.9 Å². The van der Waals surface area contributed by atoms with Crippen LogP contribution in [0.25, 0.3) is 0 Å². The largest absolute Gasteiger partial charge is 0.392 e. The fourth-order valence-corrected chi connectivity index (χ4v) is 2.12. The minimum absolute atomic E-state index is 0.0317. The molecular weight excluding hydrogens is 231 g/mol. The van der Waals surface area contributed by atoms with Crippen LogP contribution in [0, 0.1) is 18.2 Å². The van der Waals surface area contributed by atoms with Crippen LogP contribution in [0.15, 0.2) is 18.2 Å². The van der Waals surface area contributed by atoms with E-state index in [4.69, 9.17) is 6.42 Å². The number of aliphatic hydroxyl groups is 1. The molecule has 1 N–H and O–H groups in total. The van der Waals surface area contributed by atoms with Gasteiger partial charge < -0.3 is 5.11 Å². The van der Waals surface area contributed by atoms with Gasteiger partial charge >= 0.3 is 0 Å². The van der Waals surface area contributed by atoms with E-state index < -0.39 is 11.2 Å². The van der Waals surface area contributed by atoms with Gasteiger partial charge in [-0.3, -0.25) is 4.79 Å². The Morgan fingerprint density at radius 3 is 2.72 bits per heavy atom. The second-order valence-corrected chi connectivity index (χ2v) is 4.94. The Kier molecular flexibility index (Phi) is 4.63. The number of hydrogen-bond donors (Lipinski definition) is 1. The van der Waals surface area contributed by atoms with Crippen LogP contribution in [0.1, 0.15) is 37.8 Å². The maximum absolute atomic E-state index is 13.1. The molecule has 0 atom stereocenters. The molecule has 0 fully saturated rings. The van der Waals surface area contributed by atoms with E-state index in [1.807, 2.05) is 13.8 Å². The lowest BCUT2D eigenvalue weighted by molar-refractivity contribution is -0.119. The van der Waals surface area contributed by atoms with E-state index >= 15 is 0 Å². The molecule has 0 spiro atoms. The van der Waals surface area contributed by atoms with Gasteiger partial charge in [0.05, 0.1) is 13.0 Å². The first-order chi connectivity index (χ1) is 8.40. The van der Waals surface area contributed by atoms with E-state index in [0.717, 1.165) is 5.56 Å². The third-order valence-corrected chi connectivity index (χ3v) is 2.91. The Morgan fingerprint density at radius 2 is 2.17 bits per heavy atom. The van der Waals surface area contributed by atoms with Crippen molar-refractivity contribution in [3.8, 4) is 12.3 Å². The van der Waals surface area contributed by atoms with Gasteiger partial charge in [-0.1, -0.05) is 25.8 Å². The van der Waals surface area contributed by atoms with Crippen molar-refractivity contribution in [1.29, 1.82) is 0 Å². The molecule has 0 unspecified atom stereocenters. The first kappa shape index (κ1) is 14.4. The van der Waals surface area contributed by atoms with Crippen LogP contribution in [0.3, 0.4) is 0 Å². The highest BCUT2D eigenvalue weighted by molar-refractivity contribution is 5.82. The van der Waals surface area contributed by atoms with Gasteiger partial charge in [-0.05, 0) is 28.7 Å². The monoisotopic (exact) mass is 248 g/mol. The topological polar surface area (TPSA) is 37.3 Å². The van der Waals surface area contributed by atoms with Crippen molar-refractivity contribution in [3.05, 3.63) is 35.1 Å². The van der Waals surface area contributed by atoms with Crippen molar-refractivity contribution in [2.24, 2.45) is 0 Å². The molecule has 0 aliphatic rings. The number of halogens is 1. The van der Waals surface area contributed by atoms with Crippen molar-refractivity contribution < 1.29 is 14.3 Å². The van der Waals surface area contributed by atoms with Gasteiger partial charge in [-0.25, -0.2) is 4.39 Å². The van der Waals surface area contributed by atoms with E-state index in [9.17, 15) is 14.3 Å². The molecule has 0 saturated heterocycles. The van der Waals surface area contributed by atoms with Crippen LogP contribution in [0.5, 0.6) is 0 Å². The van der Waals surface area contributed by atoms with Gasteiger partial charge in [0.15, 0.2) is 0 Å². The minimum Gasteiger partial charge on any atom is -0.392 e. The molecule has 1 aromatic carbocycles. The Labute approximate surface area is 107 Å². The molecule has 1 rings (SSSR count). The molecule has 0 heterocycles. The van der Waals surface area contributed by atoms with Crippen LogP contribution >= 0.6 is 0 Å². The van der Waals surface area contributed by atoms with Crippen molar-refractivity contribution in [2.45, 2.75) is 38.7 Å². The molecular formula is C15H17FO2. The van der Waals surface area contributed by atoms with E-state index in [0.29, 0.717) is 5.56 Å². The number of Topliss-reactive ketones (excluding diaryl/α,β-unsaturated/α-hetero) is 1. The van der Waals surface area contributed by atoms with Crippen LogP contribution in [0.2, 0.25) is 0 Å². The third kappa shape index (κ3) is 3.41. The number of benzene rings is 1. The predicted molar refractivity (Wildman–Crippen MR) is 68.4 cm³/mol. The number of hydrogen-bond acceptors (Lipinski definition) is 2. The summed E-state index contributed by atoms with van der Waals surface area (Å²) in [4.78, 5) is 11.6. The number of carbonyl (C=O) groups is 1. The number of carbonyl (C=O) groups excluding carboxylic acids is 1. The van der Waals surface area contributed by atoms with E-state index in [1.54, 1.807) is 6.07 Å². The summed E-state index contributed by atoms with van der Waals surface area (Å²) in [6, 6.07) is 4.24. The van der Waals surface area contributed by atoms with E-state index in [2.05, 4.69) is 5.92 Å². The zero-order valence-corrected chi connectivity index (χ0v) is 10.7. The molecule has 96 valence electrons. The van der Waals surface area contributed by atoms with Gasteiger partial charge in [0.25, 0.3) is 0 Å². The Bertz CT molecular complexity index is 484. The summed E-state index contributed by atoms with van der Waals surface area (Å²) >= 11 is 0. The molecule has 0 aliphatic heterocycles. The first-order valence-electron chi connectivity index (χ1n) is 5.75. The van der Waals surface area contributed by atoms with Crippen molar-refractivity contribution in [1.82, 2.24) is 0 Å². The lowest BCUT2D eigenvalue weighted by Crippen LogP contribution is -2.23. The Morgan fingerprint density at radius 1 is 1.50 bits per heavy atom. The summed E-state index contributed by atoms with van der Waals surface area (Å²) in [5.41, 5.74) is 0.810. The van der Waals surface area contributed by atoms with Gasteiger partial charge in [0.1, 0.15) is 11.6 Å². The standard InChI is InChI=1S/C15H17FO2/c1-4-5-13(18)9-15(2,3)14-7-6-12(16)8-11(14)10-17/h1,6-8,17H,5,9-10H2,2-3H3. The van der Waals surface area contributed by atoms with Crippen molar-refractivity contribution in [3.63, 3.8) is 0 Å². The fourth-order valence-electron chi connectivity index (χ4n) is 2.12. The van der Waals surface area contributed by atoms with Crippen LogP contribution in [0.4, 0.5) is 4.39 Å².